The van der Waals surface area contributed by atoms with E-state index >= 15 is 0 Å². The Kier molecular flexibility index (Phi) is 3.94. The third-order valence-electron chi connectivity index (χ3n) is 2.17. The van der Waals surface area contributed by atoms with Gasteiger partial charge in [-0.2, -0.15) is 4.98 Å². The zero-order valence-corrected chi connectivity index (χ0v) is 9.32. The van der Waals surface area contributed by atoms with Crippen molar-refractivity contribution in [3.05, 3.63) is 15.3 Å². The number of aliphatic hydroxyl groups excluding tert-OH is 1. The van der Waals surface area contributed by atoms with E-state index in [1.165, 1.54) is 7.05 Å². The third kappa shape index (κ3) is 2.43. The summed E-state index contributed by atoms with van der Waals surface area (Å²) >= 11 is 0. The molecule has 0 radical (unpaired) electrons. The molecule has 0 aromatic carbocycles. The number of nitrogens with zero attached hydrogens (tertiary/aromatic N) is 3. The van der Waals surface area contributed by atoms with E-state index in [0.29, 0.717) is 0 Å². The number of nitroso groups, excluding NO2 is 1. The number of nitrogen functional groups attached to an aromatic ring is 1. The molecule has 0 aliphatic rings. The van der Waals surface area contributed by atoms with Crippen LogP contribution in [0, 0.1) is 4.91 Å². The number of hydrogen-bond acceptors (Lipinski definition) is 8. The Morgan fingerprint density at radius 3 is 2.72 bits per heavy atom. The van der Waals surface area contributed by atoms with Gasteiger partial charge < -0.3 is 21.3 Å². The maximum absolute atomic E-state index is 11.6. The van der Waals surface area contributed by atoms with Crippen LogP contribution in [0.2, 0.25) is 0 Å². The van der Waals surface area contributed by atoms with Gasteiger partial charge in [-0.1, -0.05) is 0 Å². The minimum absolute atomic E-state index is 0.189. The quantitative estimate of drug-likeness (QED) is 0.469. The van der Waals surface area contributed by atoms with E-state index in [-0.39, 0.29) is 5.95 Å². The van der Waals surface area contributed by atoms with E-state index in [2.05, 4.69) is 15.5 Å². The van der Waals surface area contributed by atoms with Crippen molar-refractivity contribution in [2.45, 2.75) is 6.04 Å². The minimum Gasteiger partial charge on any atom is -0.480 e. The number of carboxylic acid groups (broad SMARTS) is 1. The van der Waals surface area contributed by atoms with Gasteiger partial charge in [-0.05, 0) is 5.18 Å². The van der Waals surface area contributed by atoms with Crippen LogP contribution in [0.3, 0.4) is 0 Å². The Morgan fingerprint density at radius 2 is 2.28 bits per heavy atom. The van der Waals surface area contributed by atoms with Gasteiger partial charge in [-0.3, -0.25) is 9.36 Å². The Balaban J connectivity index is 3.23. The molecular formula is C8H11N5O5. The number of aromatic nitrogens is 2. The molecule has 0 bridgehead atoms. The molecule has 0 saturated carbocycles. The smallest absolute Gasteiger partial charge is 0.328 e. The van der Waals surface area contributed by atoms with Gasteiger partial charge in [0.2, 0.25) is 11.6 Å². The number of hydrogen-bond donors (Lipinski definition) is 4. The second-order valence-electron chi connectivity index (χ2n) is 3.34. The number of nitrogens with two attached hydrogens (primary N) is 1. The van der Waals surface area contributed by atoms with Crippen molar-refractivity contribution in [1.82, 2.24) is 9.55 Å². The number of aliphatic carboxylic acids is 1. The van der Waals surface area contributed by atoms with Crippen molar-refractivity contribution in [2.75, 3.05) is 17.7 Å². The topological polar surface area (TPSA) is 160 Å². The Hall–Kier alpha value is -2.49. The van der Waals surface area contributed by atoms with Gasteiger partial charge in [0.15, 0.2) is 5.82 Å². The van der Waals surface area contributed by atoms with Crippen molar-refractivity contribution >= 4 is 23.4 Å². The standard InChI is InChI=1S/C8H11N5O5/c1-13-6(15)4(12-18)5(9)11-8(13)10-3(2-14)7(16)17/h3,14H,2,9H2,1H3,(H,10,11)(H,16,17)/t3-/m0/s1. The molecule has 0 unspecified atom stereocenters. The SMILES string of the molecule is Cn1c(N[C@@H](CO)C(=O)O)nc(N)c(N=O)c1=O. The molecule has 10 nitrogen and oxygen atoms in total. The van der Waals surface area contributed by atoms with Crippen molar-refractivity contribution in [1.29, 1.82) is 0 Å². The summed E-state index contributed by atoms with van der Waals surface area (Å²) in [5, 5.41) is 22.3. The molecule has 0 amide bonds. The van der Waals surface area contributed by atoms with Crippen LogP contribution >= 0.6 is 0 Å². The van der Waals surface area contributed by atoms with Gasteiger partial charge in [-0.15, -0.1) is 4.91 Å². The van der Waals surface area contributed by atoms with Crippen LogP contribution in [0.1, 0.15) is 0 Å². The largest absolute Gasteiger partial charge is 0.480 e. The van der Waals surface area contributed by atoms with Crippen molar-refractivity contribution in [3.63, 3.8) is 0 Å². The van der Waals surface area contributed by atoms with Crippen molar-refractivity contribution < 1.29 is 15.0 Å². The molecule has 98 valence electrons. The maximum atomic E-state index is 11.6. The number of aliphatic hydroxyl groups is 1. The van der Waals surface area contributed by atoms with E-state index < -0.39 is 35.7 Å². The molecule has 0 aliphatic carbocycles. The van der Waals surface area contributed by atoms with E-state index in [1.807, 2.05) is 0 Å². The first-order chi connectivity index (χ1) is 8.42. The molecular weight excluding hydrogens is 246 g/mol. The highest BCUT2D eigenvalue weighted by Gasteiger charge is 2.20. The zero-order valence-electron chi connectivity index (χ0n) is 9.32. The van der Waals surface area contributed by atoms with Crippen LogP contribution < -0.4 is 16.6 Å². The van der Waals surface area contributed by atoms with Crippen LogP contribution in [-0.4, -0.2) is 38.4 Å². The molecule has 1 atom stereocenters. The molecule has 5 N–H and O–H groups in total. The summed E-state index contributed by atoms with van der Waals surface area (Å²) in [5.74, 6) is -1.94. The summed E-state index contributed by atoms with van der Waals surface area (Å²) in [7, 11) is 1.25. The van der Waals surface area contributed by atoms with Crippen LogP contribution in [-0.2, 0) is 11.8 Å². The fraction of sp³-hybridized carbons (Fsp3) is 0.375. The Bertz CT molecular complexity index is 539. The van der Waals surface area contributed by atoms with E-state index in [1.54, 1.807) is 0 Å². The lowest BCUT2D eigenvalue weighted by Gasteiger charge is -2.15. The minimum atomic E-state index is -1.35. The zero-order chi connectivity index (χ0) is 13.9. The molecule has 18 heavy (non-hydrogen) atoms. The molecule has 1 rings (SSSR count). The number of carboxylic acids is 1. The fourth-order valence-corrected chi connectivity index (χ4v) is 1.16. The first kappa shape index (κ1) is 13.6. The van der Waals surface area contributed by atoms with Crippen molar-refractivity contribution in [2.24, 2.45) is 12.2 Å². The van der Waals surface area contributed by atoms with E-state index in [9.17, 15) is 14.5 Å². The number of anilines is 2. The fourth-order valence-electron chi connectivity index (χ4n) is 1.16. The molecule has 1 aromatic rings. The van der Waals surface area contributed by atoms with Gasteiger partial charge in [0.1, 0.15) is 6.04 Å². The summed E-state index contributed by atoms with van der Waals surface area (Å²) in [6.45, 7) is -0.710. The molecule has 1 heterocycles. The molecule has 0 saturated heterocycles. The van der Waals surface area contributed by atoms with Crippen LogP contribution in [0.25, 0.3) is 0 Å². The monoisotopic (exact) mass is 257 g/mol. The second-order valence-corrected chi connectivity index (χ2v) is 3.34. The number of rotatable bonds is 5. The van der Waals surface area contributed by atoms with Gasteiger partial charge >= 0.3 is 5.97 Å². The summed E-state index contributed by atoms with van der Waals surface area (Å²) < 4.78 is 0.874. The Labute approximate surface area is 100 Å². The summed E-state index contributed by atoms with van der Waals surface area (Å²) in [6, 6.07) is -1.35. The number of carbonyl (C=O) groups is 1. The average Bonchev–Trinajstić information content (AvgIpc) is 2.32. The van der Waals surface area contributed by atoms with Crippen LogP contribution in [0.15, 0.2) is 9.97 Å². The van der Waals surface area contributed by atoms with E-state index in [4.69, 9.17) is 15.9 Å². The van der Waals surface area contributed by atoms with E-state index in [0.717, 1.165) is 4.57 Å². The highest BCUT2D eigenvalue weighted by Crippen LogP contribution is 2.15. The summed E-state index contributed by atoms with van der Waals surface area (Å²) in [6.07, 6.45) is 0. The van der Waals surface area contributed by atoms with Crippen molar-refractivity contribution in [3.8, 4) is 0 Å². The van der Waals surface area contributed by atoms with Crippen LogP contribution in [0.5, 0.6) is 0 Å². The molecule has 0 fully saturated rings. The first-order valence-corrected chi connectivity index (χ1v) is 4.72. The molecule has 0 aliphatic heterocycles. The van der Waals surface area contributed by atoms with Gasteiger partial charge in [0, 0.05) is 7.05 Å². The van der Waals surface area contributed by atoms with Gasteiger partial charge in [0.25, 0.3) is 5.56 Å². The molecule has 0 spiro atoms. The normalized spacial score (nSPS) is 11.9. The predicted molar refractivity (Wildman–Crippen MR) is 61.5 cm³/mol. The van der Waals surface area contributed by atoms with Gasteiger partial charge in [0.05, 0.1) is 6.61 Å². The highest BCUT2D eigenvalue weighted by molar-refractivity contribution is 5.77. The molecule has 1 aromatic heterocycles. The third-order valence-corrected chi connectivity index (χ3v) is 2.17. The summed E-state index contributed by atoms with van der Waals surface area (Å²) in [4.78, 5) is 36.3. The second kappa shape index (κ2) is 5.23. The maximum Gasteiger partial charge on any atom is 0.328 e. The number of nitrogens with one attached hydrogen (secondary N) is 1. The lowest BCUT2D eigenvalue weighted by Crippen LogP contribution is -2.36. The predicted octanol–water partition coefficient (Wildman–Crippen LogP) is -1.38. The Morgan fingerprint density at radius 1 is 1.67 bits per heavy atom. The summed E-state index contributed by atoms with van der Waals surface area (Å²) in [5.41, 5.74) is 3.95. The van der Waals surface area contributed by atoms with Crippen LogP contribution in [0.4, 0.5) is 17.5 Å². The highest BCUT2D eigenvalue weighted by atomic mass is 16.4. The lowest BCUT2D eigenvalue weighted by atomic mass is 10.3. The molecule has 10 heteroatoms. The van der Waals surface area contributed by atoms with Gasteiger partial charge in [-0.25, -0.2) is 4.79 Å². The first-order valence-electron chi connectivity index (χ1n) is 4.72. The lowest BCUT2D eigenvalue weighted by molar-refractivity contribution is -0.138. The average molecular weight is 257 g/mol.